The van der Waals surface area contributed by atoms with Gasteiger partial charge in [0.1, 0.15) is 0 Å². The Morgan fingerprint density at radius 3 is 2.65 bits per heavy atom. The molecule has 0 bridgehead atoms. The maximum atomic E-state index is 9.23. The van der Waals surface area contributed by atoms with E-state index in [4.69, 9.17) is 11.6 Å². The third-order valence-electron chi connectivity index (χ3n) is 2.91. The number of hydrogen-bond acceptors (Lipinski definition) is 2. The van der Waals surface area contributed by atoms with Crippen LogP contribution in [0.2, 0.25) is 5.02 Å². The average Bonchev–Trinajstić information content (AvgIpc) is 2.30. The van der Waals surface area contributed by atoms with E-state index >= 15 is 0 Å². The molecule has 2 nitrogen and oxygen atoms in total. The number of benzene rings is 1. The summed E-state index contributed by atoms with van der Waals surface area (Å²) >= 11 is 6.00. The topological polar surface area (TPSA) is 32.3 Å². The van der Waals surface area contributed by atoms with Crippen molar-refractivity contribution in [3.05, 3.63) is 34.9 Å². The van der Waals surface area contributed by atoms with Crippen LogP contribution < -0.4 is 5.32 Å². The van der Waals surface area contributed by atoms with Gasteiger partial charge in [-0.15, -0.1) is 0 Å². The van der Waals surface area contributed by atoms with E-state index in [9.17, 15) is 5.11 Å². The van der Waals surface area contributed by atoms with Crippen LogP contribution in [0.5, 0.6) is 0 Å². The Bertz CT molecular complexity index is 352. The summed E-state index contributed by atoms with van der Waals surface area (Å²) in [6.07, 6.45) is 1.00. The quantitative estimate of drug-likeness (QED) is 0.817. The first-order chi connectivity index (χ1) is 7.98. The van der Waals surface area contributed by atoms with Crippen LogP contribution in [0, 0.1) is 5.41 Å². The van der Waals surface area contributed by atoms with E-state index in [1.54, 1.807) is 0 Å². The molecule has 96 valence electrons. The second-order valence-corrected chi connectivity index (χ2v) is 5.66. The molecule has 1 unspecified atom stereocenters. The van der Waals surface area contributed by atoms with Crippen LogP contribution in [-0.2, 0) is 0 Å². The first kappa shape index (κ1) is 14.5. The minimum atomic E-state index is -0.0913. The van der Waals surface area contributed by atoms with Gasteiger partial charge in [-0.05, 0) is 24.1 Å². The molecule has 3 heteroatoms. The second kappa shape index (κ2) is 6.39. The van der Waals surface area contributed by atoms with Gasteiger partial charge in [0.15, 0.2) is 0 Å². The molecule has 0 heterocycles. The molecule has 0 aromatic heterocycles. The normalized spacial score (nSPS) is 13.7. The molecule has 0 amide bonds. The average molecular weight is 256 g/mol. The van der Waals surface area contributed by atoms with Gasteiger partial charge in [-0.1, -0.05) is 44.5 Å². The molecule has 0 fully saturated rings. The Balaban J connectivity index is 2.66. The summed E-state index contributed by atoms with van der Waals surface area (Å²) in [5, 5.41) is 13.5. The second-order valence-electron chi connectivity index (χ2n) is 5.22. The van der Waals surface area contributed by atoms with Gasteiger partial charge < -0.3 is 10.4 Å². The van der Waals surface area contributed by atoms with Crippen molar-refractivity contribution >= 4 is 11.6 Å². The summed E-state index contributed by atoms with van der Waals surface area (Å²) in [6.45, 7) is 7.21. The van der Waals surface area contributed by atoms with E-state index in [-0.39, 0.29) is 12.0 Å². The summed E-state index contributed by atoms with van der Waals surface area (Å²) in [5.41, 5.74) is 1.11. The zero-order chi connectivity index (χ0) is 12.9. The monoisotopic (exact) mass is 255 g/mol. The van der Waals surface area contributed by atoms with Crippen molar-refractivity contribution in [3.8, 4) is 0 Å². The fourth-order valence-electron chi connectivity index (χ4n) is 1.68. The third-order valence-corrected chi connectivity index (χ3v) is 3.15. The van der Waals surface area contributed by atoms with E-state index in [1.807, 2.05) is 32.0 Å². The van der Waals surface area contributed by atoms with Gasteiger partial charge in [0, 0.05) is 29.6 Å². The lowest BCUT2D eigenvalue weighted by Crippen LogP contribution is -2.34. The Morgan fingerprint density at radius 2 is 2.12 bits per heavy atom. The molecule has 0 spiro atoms. The number of halogens is 1. The number of aliphatic hydroxyl groups excluding tert-OH is 1. The van der Waals surface area contributed by atoms with E-state index in [1.165, 1.54) is 5.56 Å². The van der Waals surface area contributed by atoms with Gasteiger partial charge in [0.05, 0.1) is 0 Å². The zero-order valence-electron chi connectivity index (χ0n) is 10.8. The van der Waals surface area contributed by atoms with Crippen LogP contribution in [0.15, 0.2) is 24.3 Å². The predicted octanol–water partition coefficient (Wildman–Crippen LogP) is 3.40. The van der Waals surface area contributed by atoms with E-state index in [0.717, 1.165) is 18.0 Å². The van der Waals surface area contributed by atoms with Gasteiger partial charge in [-0.3, -0.25) is 0 Å². The third kappa shape index (κ3) is 4.66. The lowest BCUT2D eigenvalue weighted by molar-refractivity contribution is 0.152. The van der Waals surface area contributed by atoms with Crippen molar-refractivity contribution in [1.82, 2.24) is 5.32 Å². The molecule has 17 heavy (non-hydrogen) atoms. The zero-order valence-corrected chi connectivity index (χ0v) is 11.6. The van der Waals surface area contributed by atoms with Gasteiger partial charge in [0.2, 0.25) is 0 Å². The summed E-state index contributed by atoms with van der Waals surface area (Å²) in [5.74, 6) is 0. The smallest absolute Gasteiger partial charge is 0.0494 e. The lowest BCUT2D eigenvalue weighted by Gasteiger charge is -2.26. The van der Waals surface area contributed by atoms with Gasteiger partial charge in [0.25, 0.3) is 0 Å². The fraction of sp³-hybridized carbons (Fsp3) is 0.571. The SMILES string of the molecule is CCC(NCC(C)(C)CO)c1cccc(Cl)c1. The fourth-order valence-corrected chi connectivity index (χ4v) is 1.88. The van der Waals surface area contributed by atoms with Gasteiger partial charge in [-0.25, -0.2) is 0 Å². The minimum absolute atomic E-state index is 0.0913. The highest BCUT2D eigenvalue weighted by molar-refractivity contribution is 6.30. The van der Waals surface area contributed by atoms with E-state index in [2.05, 4.69) is 18.3 Å². The van der Waals surface area contributed by atoms with Crippen LogP contribution in [0.25, 0.3) is 0 Å². The first-order valence-corrected chi connectivity index (χ1v) is 6.46. The highest BCUT2D eigenvalue weighted by atomic mass is 35.5. The number of hydrogen-bond donors (Lipinski definition) is 2. The summed E-state index contributed by atoms with van der Waals surface area (Å²) in [6, 6.07) is 8.22. The maximum Gasteiger partial charge on any atom is 0.0494 e. The molecule has 0 aliphatic carbocycles. The molecule has 1 rings (SSSR count). The molecule has 0 saturated carbocycles. The molecule has 0 saturated heterocycles. The van der Waals surface area contributed by atoms with Crippen molar-refractivity contribution in [3.63, 3.8) is 0 Å². The van der Waals surface area contributed by atoms with Gasteiger partial charge in [-0.2, -0.15) is 0 Å². The van der Waals surface area contributed by atoms with Crippen LogP contribution >= 0.6 is 11.6 Å². The molecule has 1 aromatic rings. The molecular formula is C14H22ClNO. The molecule has 1 atom stereocenters. The van der Waals surface area contributed by atoms with Crippen LogP contribution in [-0.4, -0.2) is 18.3 Å². The molecule has 0 radical (unpaired) electrons. The Morgan fingerprint density at radius 1 is 1.41 bits per heavy atom. The van der Waals surface area contributed by atoms with Crippen LogP contribution in [0.1, 0.15) is 38.8 Å². The summed E-state index contributed by atoms with van der Waals surface area (Å²) in [7, 11) is 0. The molecule has 0 aliphatic heterocycles. The van der Waals surface area contributed by atoms with Crippen molar-refractivity contribution < 1.29 is 5.11 Å². The number of aliphatic hydroxyl groups is 1. The van der Waals surface area contributed by atoms with E-state index < -0.39 is 0 Å². The Labute approximate surface area is 109 Å². The van der Waals surface area contributed by atoms with Crippen molar-refractivity contribution in [2.24, 2.45) is 5.41 Å². The van der Waals surface area contributed by atoms with Crippen LogP contribution in [0.3, 0.4) is 0 Å². The first-order valence-electron chi connectivity index (χ1n) is 6.08. The number of rotatable bonds is 6. The standard InChI is InChI=1S/C14H22ClNO/c1-4-13(16-9-14(2,3)10-17)11-6-5-7-12(15)8-11/h5-8,13,16-17H,4,9-10H2,1-3H3. The Hall–Kier alpha value is -0.570. The van der Waals surface area contributed by atoms with Crippen molar-refractivity contribution in [2.75, 3.05) is 13.2 Å². The maximum absolute atomic E-state index is 9.23. The predicted molar refractivity (Wildman–Crippen MR) is 73.4 cm³/mol. The largest absolute Gasteiger partial charge is 0.396 e. The molecular weight excluding hydrogens is 234 g/mol. The van der Waals surface area contributed by atoms with E-state index in [0.29, 0.717) is 6.04 Å². The molecule has 1 aromatic carbocycles. The minimum Gasteiger partial charge on any atom is -0.396 e. The lowest BCUT2D eigenvalue weighted by atomic mass is 9.93. The summed E-state index contributed by atoms with van der Waals surface area (Å²) in [4.78, 5) is 0. The highest BCUT2D eigenvalue weighted by Crippen LogP contribution is 2.22. The molecule has 2 N–H and O–H groups in total. The van der Waals surface area contributed by atoms with Crippen molar-refractivity contribution in [2.45, 2.75) is 33.2 Å². The highest BCUT2D eigenvalue weighted by Gasteiger charge is 2.18. The van der Waals surface area contributed by atoms with Crippen LogP contribution in [0.4, 0.5) is 0 Å². The number of nitrogens with one attached hydrogen (secondary N) is 1. The van der Waals surface area contributed by atoms with Crippen molar-refractivity contribution in [1.29, 1.82) is 0 Å². The van der Waals surface area contributed by atoms with Gasteiger partial charge >= 0.3 is 0 Å². The molecule has 0 aliphatic rings. The summed E-state index contributed by atoms with van der Waals surface area (Å²) < 4.78 is 0. The Kier molecular flexibility index (Phi) is 5.44.